The fraction of sp³-hybridized carbons (Fsp3) is 0.188. The van der Waals surface area contributed by atoms with Crippen LogP contribution in [0.5, 0.6) is 11.5 Å². The van der Waals surface area contributed by atoms with Crippen molar-refractivity contribution in [2.75, 3.05) is 18.9 Å². The molecule has 2 aromatic rings. The van der Waals surface area contributed by atoms with E-state index in [1.165, 1.54) is 38.5 Å². The Morgan fingerprint density at radius 2 is 1.79 bits per heavy atom. The van der Waals surface area contributed by atoms with Crippen LogP contribution in [-0.2, 0) is 10.0 Å². The number of ether oxygens (including phenoxy) is 2. The number of hydrogen-bond acceptors (Lipinski definition) is 5. The van der Waals surface area contributed by atoms with Crippen LogP contribution in [0.4, 0.5) is 5.69 Å². The number of hydrogen-bond donors (Lipinski definition) is 2. The van der Waals surface area contributed by atoms with Crippen molar-refractivity contribution in [1.29, 1.82) is 0 Å². The van der Waals surface area contributed by atoms with Gasteiger partial charge in [0.25, 0.3) is 10.0 Å². The van der Waals surface area contributed by atoms with E-state index in [0.717, 1.165) is 6.07 Å². The highest BCUT2D eigenvalue weighted by atomic mass is 32.2. The Morgan fingerprint density at radius 3 is 2.38 bits per heavy atom. The van der Waals surface area contributed by atoms with Gasteiger partial charge in [-0.15, -0.1) is 0 Å². The summed E-state index contributed by atoms with van der Waals surface area (Å²) in [6.45, 7) is 1.60. The van der Waals surface area contributed by atoms with Gasteiger partial charge < -0.3 is 14.6 Å². The van der Waals surface area contributed by atoms with Crippen molar-refractivity contribution in [2.24, 2.45) is 0 Å². The van der Waals surface area contributed by atoms with E-state index < -0.39 is 16.0 Å². The predicted octanol–water partition coefficient (Wildman–Crippen LogP) is 2.51. The lowest BCUT2D eigenvalue weighted by atomic mass is 10.1. The molecule has 2 aromatic carbocycles. The van der Waals surface area contributed by atoms with Gasteiger partial charge in [-0.3, -0.25) is 4.72 Å². The van der Waals surface area contributed by atoms with E-state index in [9.17, 15) is 13.2 Å². The Kier molecular flexibility index (Phi) is 4.99. The Bertz CT molecular complexity index is 876. The second kappa shape index (κ2) is 6.79. The van der Waals surface area contributed by atoms with Crippen LogP contribution >= 0.6 is 0 Å². The highest BCUT2D eigenvalue weighted by Gasteiger charge is 2.19. The number of nitrogens with one attached hydrogen (secondary N) is 1. The molecule has 2 rings (SSSR count). The standard InChI is InChI=1S/C16H17NO6S/c1-10-4-6-12(9-13(10)16(18)19)24(20,21)17-14-7-5-11(22-2)8-15(14)23-3/h4-9,17H,1-3H3,(H,18,19). The zero-order valence-electron chi connectivity index (χ0n) is 13.4. The lowest BCUT2D eigenvalue weighted by Gasteiger charge is -2.13. The maximum atomic E-state index is 12.5. The molecule has 128 valence electrons. The molecule has 24 heavy (non-hydrogen) atoms. The van der Waals surface area contributed by atoms with Gasteiger partial charge in [0.1, 0.15) is 11.5 Å². The van der Waals surface area contributed by atoms with E-state index in [-0.39, 0.29) is 21.9 Å². The minimum Gasteiger partial charge on any atom is -0.497 e. The molecule has 0 aliphatic carbocycles. The van der Waals surface area contributed by atoms with Gasteiger partial charge in [0.05, 0.1) is 30.4 Å². The first kappa shape index (κ1) is 17.6. The molecule has 0 heterocycles. The molecule has 0 bridgehead atoms. The number of carbonyl (C=O) groups is 1. The van der Waals surface area contributed by atoms with Crippen molar-refractivity contribution in [3.8, 4) is 11.5 Å². The van der Waals surface area contributed by atoms with Gasteiger partial charge in [-0.05, 0) is 36.8 Å². The van der Waals surface area contributed by atoms with Gasteiger partial charge in [-0.25, -0.2) is 13.2 Å². The lowest BCUT2D eigenvalue weighted by molar-refractivity contribution is 0.0696. The summed E-state index contributed by atoms with van der Waals surface area (Å²) < 4.78 is 37.6. The van der Waals surface area contributed by atoms with Crippen molar-refractivity contribution in [3.05, 3.63) is 47.5 Å². The van der Waals surface area contributed by atoms with Crippen molar-refractivity contribution in [2.45, 2.75) is 11.8 Å². The molecule has 0 saturated heterocycles. The van der Waals surface area contributed by atoms with Crippen molar-refractivity contribution in [1.82, 2.24) is 0 Å². The number of benzene rings is 2. The molecule has 7 nitrogen and oxygen atoms in total. The Labute approximate surface area is 139 Å². The molecule has 0 atom stereocenters. The molecule has 0 amide bonds. The quantitative estimate of drug-likeness (QED) is 0.829. The molecule has 0 aromatic heterocycles. The van der Waals surface area contributed by atoms with Crippen LogP contribution < -0.4 is 14.2 Å². The summed E-state index contributed by atoms with van der Waals surface area (Å²) in [5.74, 6) is -0.395. The third kappa shape index (κ3) is 3.60. The molecule has 8 heteroatoms. The summed E-state index contributed by atoms with van der Waals surface area (Å²) in [6, 6.07) is 8.54. The molecule has 0 aliphatic heterocycles. The number of carboxylic acid groups (broad SMARTS) is 1. The predicted molar refractivity (Wildman–Crippen MR) is 88.5 cm³/mol. The number of rotatable bonds is 6. The smallest absolute Gasteiger partial charge is 0.335 e. The maximum absolute atomic E-state index is 12.5. The zero-order valence-corrected chi connectivity index (χ0v) is 14.2. The minimum absolute atomic E-state index is 0.0698. The van der Waals surface area contributed by atoms with Gasteiger partial charge in [0.2, 0.25) is 0 Å². The van der Waals surface area contributed by atoms with Gasteiger partial charge in [0, 0.05) is 6.07 Å². The van der Waals surface area contributed by atoms with E-state index in [2.05, 4.69) is 4.72 Å². The van der Waals surface area contributed by atoms with E-state index in [1.807, 2.05) is 0 Å². The summed E-state index contributed by atoms with van der Waals surface area (Å²) in [5, 5.41) is 9.14. The Morgan fingerprint density at radius 1 is 1.08 bits per heavy atom. The van der Waals surface area contributed by atoms with E-state index in [4.69, 9.17) is 14.6 Å². The number of aryl methyl sites for hydroxylation is 1. The van der Waals surface area contributed by atoms with Crippen molar-refractivity contribution in [3.63, 3.8) is 0 Å². The van der Waals surface area contributed by atoms with E-state index in [1.54, 1.807) is 13.0 Å². The SMILES string of the molecule is COc1ccc(NS(=O)(=O)c2ccc(C)c(C(=O)O)c2)c(OC)c1. The lowest BCUT2D eigenvalue weighted by Crippen LogP contribution is -2.15. The fourth-order valence-electron chi connectivity index (χ4n) is 2.09. The molecule has 0 radical (unpaired) electrons. The molecule has 0 aliphatic rings. The second-order valence-electron chi connectivity index (χ2n) is 4.95. The van der Waals surface area contributed by atoms with Crippen LogP contribution in [0.1, 0.15) is 15.9 Å². The number of sulfonamides is 1. The molecule has 0 unspecified atom stereocenters. The Balaban J connectivity index is 2.42. The Hall–Kier alpha value is -2.74. The highest BCUT2D eigenvalue weighted by molar-refractivity contribution is 7.92. The van der Waals surface area contributed by atoms with Gasteiger partial charge in [-0.2, -0.15) is 0 Å². The van der Waals surface area contributed by atoms with Crippen molar-refractivity contribution >= 4 is 21.7 Å². The van der Waals surface area contributed by atoms with Crippen LogP contribution in [0, 0.1) is 6.92 Å². The van der Waals surface area contributed by atoms with Gasteiger partial charge in [0.15, 0.2) is 0 Å². The highest BCUT2D eigenvalue weighted by Crippen LogP contribution is 2.31. The van der Waals surface area contributed by atoms with E-state index in [0.29, 0.717) is 11.3 Å². The number of aromatic carboxylic acids is 1. The zero-order chi connectivity index (χ0) is 17.9. The fourth-order valence-corrected chi connectivity index (χ4v) is 3.18. The number of methoxy groups -OCH3 is 2. The summed E-state index contributed by atoms with van der Waals surface area (Å²) in [4.78, 5) is 11.0. The summed E-state index contributed by atoms with van der Waals surface area (Å²) >= 11 is 0. The third-order valence-corrected chi connectivity index (χ3v) is 4.77. The average molecular weight is 351 g/mol. The number of anilines is 1. The second-order valence-corrected chi connectivity index (χ2v) is 6.64. The summed E-state index contributed by atoms with van der Waals surface area (Å²) in [6.07, 6.45) is 0. The van der Waals surface area contributed by atoms with Gasteiger partial charge >= 0.3 is 5.97 Å². The molecule has 0 fully saturated rings. The molecular weight excluding hydrogens is 334 g/mol. The largest absolute Gasteiger partial charge is 0.497 e. The number of carboxylic acids is 1. The van der Waals surface area contributed by atoms with Gasteiger partial charge in [-0.1, -0.05) is 6.07 Å². The molecule has 0 spiro atoms. The molecular formula is C16H17NO6S. The van der Waals surface area contributed by atoms with E-state index >= 15 is 0 Å². The molecule has 0 saturated carbocycles. The van der Waals surface area contributed by atoms with Crippen LogP contribution in [0.25, 0.3) is 0 Å². The minimum atomic E-state index is -3.97. The first-order chi connectivity index (χ1) is 11.3. The van der Waals surface area contributed by atoms with Crippen molar-refractivity contribution < 1.29 is 27.8 Å². The third-order valence-electron chi connectivity index (χ3n) is 3.40. The van der Waals surface area contributed by atoms with Crippen LogP contribution in [0.2, 0.25) is 0 Å². The molecule has 2 N–H and O–H groups in total. The first-order valence-corrected chi connectivity index (χ1v) is 8.35. The normalized spacial score (nSPS) is 11.0. The van der Waals surface area contributed by atoms with Crippen LogP contribution in [0.3, 0.4) is 0 Å². The average Bonchev–Trinajstić information content (AvgIpc) is 2.54. The summed E-state index contributed by atoms with van der Waals surface area (Å²) in [7, 11) is -1.08. The van der Waals surface area contributed by atoms with Crippen LogP contribution in [0.15, 0.2) is 41.3 Å². The maximum Gasteiger partial charge on any atom is 0.335 e. The summed E-state index contributed by atoms with van der Waals surface area (Å²) in [5.41, 5.74) is 0.624. The monoisotopic (exact) mass is 351 g/mol. The van der Waals surface area contributed by atoms with Crippen LogP contribution in [-0.4, -0.2) is 33.7 Å². The topological polar surface area (TPSA) is 102 Å². The first-order valence-electron chi connectivity index (χ1n) is 6.87.